The van der Waals surface area contributed by atoms with Crippen LogP contribution in [0.4, 0.5) is 0 Å². The van der Waals surface area contributed by atoms with Gasteiger partial charge in [-0.2, -0.15) is 0 Å². The Hall–Kier alpha value is -3.13. The normalized spacial score (nSPS) is 18.0. The molecule has 1 aliphatic heterocycles. The number of hydrogen-bond acceptors (Lipinski definition) is 2. The maximum absolute atomic E-state index is 6.51. The van der Waals surface area contributed by atoms with E-state index in [-0.39, 0.29) is 5.60 Å². The number of hydrogen-bond donors (Lipinski definition) is 0. The summed E-state index contributed by atoms with van der Waals surface area (Å²) in [5.74, 6) is 1.29. The summed E-state index contributed by atoms with van der Waals surface area (Å²) in [6.07, 6.45) is 1.90. The van der Waals surface area contributed by atoms with Gasteiger partial charge in [0.15, 0.2) is 0 Å². The largest absolute Gasteiger partial charge is 0.482 e. The number of fused-ring (bicyclic) bond motifs is 8. The van der Waals surface area contributed by atoms with Gasteiger partial charge in [0.25, 0.3) is 0 Å². The highest BCUT2D eigenvalue weighted by atomic mass is 16.5. The highest BCUT2D eigenvalue weighted by Gasteiger charge is 2.39. The zero-order valence-corrected chi connectivity index (χ0v) is 16.3. The van der Waals surface area contributed by atoms with Crippen LogP contribution >= 0.6 is 0 Å². The fourth-order valence-electron chi connectivity index (χ4n) is 5.04. The lowest BCUT2D eigenvalue weighted by molar-refractivity contribution is 0.106. The molecule has 2 nitrogen and oxygen atoms in total. The zero-order chi connectivity index (χ0) is 19.0. The van der Waals surface area contributed by atoms with E-state index in [0.717, 1.165) is 11.4 Å². The molecule has 0 bridgehead atoms. The maximum atomic E-state index is 6.51. The Kier molecular flexibility index (Phi) is 2.97. The van der Waals surface area contributed by atoms with Crippen LogP contribution in [0.3, 0.4) is 0 Å². The van der Waals surface area contributed by atoms with Gasteiger partial charge in [-0.1, -0.05) is 49.4 Å². The summed E-state index contributed by atoms with van der Waals surface area (Å²) >= 11 is 0. The molecule has 6 rings (SSSR count). The predicted molar refractivity (Wildman–Crippen MR) is 114 cm³/mol. The maximum Gasteiger partial charge on any atom is 0.129 e. The van der Waals surface area contributed by atoms with Crippen molar-refractivity contribution in [3.05, 3.63) is 83.6 Å². The molecule has 0 saturated carbocycles. The van der Waals surface area contributed by atoms with Crippen LogP contribution in [0, 0.1) is 0 Å². The zero-order valence-electron chi connectivity index (χ0n) is 16.3. The van der Waals surface area contributed by atoms with Gasteiger partial charge >= 0.3 is 0 Å². The number of aromatic nitrogens is 1. The van der Waals surface area contributed by atoms with Crippen molar-refractivity contribution in [2.75, 3.05) is 0 Å². The van der Waals surface area contributed by atoms with E-state index in [1.807, 2.05) is 12.3 Å². The lowest BCUT2D eigenvalue weighted by Gasteiger charge is -2.37. The first-order valence-corrected chi connectivity index (χ1v) is 9.89. The van der Waals surface area contributed by atoms with Gasteiger partial charge in [-0.3, -0.25) is 4.98 Å². The number of nitrogens with zero attached hydrogens (tertiary/aromatic N) is 1. The molecule has 0 fully saturated rings. The first kappa shape index (κ1) is 15.9. The topological polar surface area (TPSA) is 22.1 Å². The van der Waals surface area contributed by atoms with Crippen LogP contribution in [-0.2, 0) is 5.60 Å². The van der Waals surface area contributed by atoms with Gasteiger partial charge < -0.3 is 4.74 Å². The molecular weight excluding hydrogens is 342 g/mol. The van der Waals surface area contributed by atoms with Crippen molar-refractivity contribution in [3.63, 3.8) is 0 Å². The van der Waals surface area contributed by atoms with Crippen molar-refractivity contribution < 1.29 is 4.74 Å². The van der Waals surface area contributed by atoms with Crippen LogP contribution < -0.4 is 4.74 Å². The number of benzene rings is 3. The van der Waals surface area contributed by atoms with Gasteiger partial charge in [-0.05, 0) is 59.5 Å². The van der Waals surface area contributed by atoms with Gasteiger partial charge in [-0.25, -0.2) is 0 Å². The van der Waals surface area contributed by atoms with Crippen LogP contribution in [-0.4, -0.2) is 4.98 Å². The predicted octanol–water partition coefficient (Wildman–Crippen LogP) is 6.66. The van der Waals surface area contributed by atoms with E-state index in [9.17, 15) is 0 Å². The van der Waals surface area contributed by atoms with Crippen molar-refractivity contribution in [3.8, 4) is 28.1 Å². The molecule has 136 valence electrons. The second-order valence-corrected chi connectivity index (χ2v) is 8.42. The molecule has 2 aliphatic rings. The monoisotopic (exact) mass is 363 g/mol. The summed E-state index contributed by atoms with van der Waals surface area (Å²) in [6.45, 7) is 6.64. The average Bonchev–Trinajstić information content (AvgIpc) is 2.99. The minimum absolute atomic E-state index is 0.321. The molecule has 1 aromatic heterocycles. The van der Waals surface area contributed by atoms with Crippen LogP contribution in [0.5, 0.6) is 5.75 Å². The molecule has 0 spiro atoms. The summed E-state index contributed by atoms with van der Waals surface area (Å²) in [4.78, 5) is 4.71. The van der Waals surface area contributed by atoms with Gasteiger partial charge in [0.2, 0.25) is 0 Å². The molecule has 4 aromatic rings. The number of ether oxygens (including phenoxy) is 1. The van der Waals surface area contributed by atoms with Gasteiger partial charge in [0.05, 0.1) is 5.69 Å². The minimum atomic E-state index is -0.373. The van der Waals surface area contributed by atoms with Crippen molar-refractivity contribution in [1.82, 2.24) is 4.98 Å². The summed E-state index contributed by atoms with van der Waals surface area (Å²) in [5.41, 5.74) is 8.51. The fraction of sp³-hybridized carbons (Fsp3) is 0.192. The van der Waals surface area contributed by atoms with E-state index >= 15 is 0 Å². The van der Waals surface area contributed by atoms with Crippen molar-refractivity contribution in [2.45, 2.75) is 32.3 Å². The molecule has 1 unspecified atom stereocenters. The van der Waals surface area contributed by atoms with Gasteiger partial charge in [0, 0.05) is 28.8 Å². The fourth-order valence-corrected chi connectivity index (χ4v) is 5.04. The Morgan fingerprint density at radius 3 is 2.50 bits per heavy atom. The third-order valence-electron chi connectivity index (χ3n) is 6.37. The Bertz CT molecular complexity index is 1290. The smallest absolute Gasteiger partial charge is 0.129 e. The quantitative estimate of drug-likeness (QED) is 0.348. The summed E-state index contributed by atoms with van der Waals surface area (Å²) in [6, 6.07) is 21.7. The first-order valence-electron chi connectivity index (χ1n) is 9.89. The standard InChI is InChI=1S/C26H21NO/c1-15-18-9-6-12-27-25(18)19-10-11-21-24(23(15)19)20-13-16-7-4-5-8-17(16)14-22(20)28-26(21,2)3/h4-15H,1-3H3. The lowest BCUT2D eigenvalue weighted by Crippen LogP contribution is -2.30. The van der Waals surface area contributed by atoms with E-state index < -0.39 is 0 Å². The minimum Gasteiger partial charge on any atom is -0.482 e. The van der Waals surface area contributed by atoms with Crippen molar-refractivity contribution in [2.24, 2.45) is 0 Å². The third-order valence-corrected chi connectivity index (χ3v) is 6.37. The Morgan fingerprint density at radius 2 is 1.68 bits per heavy atom. The molecular formula is C26H21NO. The van der Waals surface area contributed by atoms with E-state index in [1.54, 1.807) is 0 Å². The summed E-state index contributed by atoms with van der Waals surface area (Å²) in [7, 11) is 0. The molecule has 0 saturated heterocycles. The molecule has 1 aliphatic carbocycles. The Labute approximate surface area is 164 Å². The number of rotatable bonds is 0. The van der Waals surface area contributed by atoms with Gasteiger partial charge in [0.1, 0.15) is 11.4 Å². The number of pyridine rings is 1. The highest BCUT2D eigenvalue weighted by molar-refractivity contribution is 5.96. The van der Waals surface area contributed by atoms with Crippen LogP contribution in [0.1, 0.15) is 43.4 Å². The molecule has 0 N–H and O–H groups in total. The molecule has 28 heavy (non-hydrogen) atoms. The van der Waals surface area contributed by atoms with E-state index in [2.05, 4.69) is 75.4 Å². The Balaban J connectivity index is 1.73. The molecule has 0 radical (unpaired) electrons. The highest BCUT2D eigenvalue weighted by Crippen LogP contribution is 2.55. The summed E-state index contributed by atoms with van der Waals surface area (Å²) in [5, 5.41) is 2.46. The Morgan fingerprint density at radius 1 is 0.893 bits per heavy atom. The molecule has 2 heteroatoms. The lowest BCUT2D eigenvalue weighted by atomic mass is 9.79. The summed E-state index contributed by atoms with van der Waals surface area (Å²) < 4.78 is 6.51. The van der Waals surface area contributed by atoms with Crippen LogP contribution in [0.2, 0.25) is 0 Å². The van der Waals surface area contributed by atoms with Crippen LogP contribution in [0.25, 0.3) is 33.2 Å². The van der Waals surface area contributed by atoms with Crippen molar-refractivity contribution >= 4 is 10.8 Å². The van der Waals surface area contributed by atoms with E-state index in [1.165, 1.54) is 44.2 Å². The third kappa shape index (κ3) is 1.95. The van der Waals surface area contributed by atoms with E-state index in [0.29, 0.717) is 5.92 Å². The second-order valence-electron chi connectivity index (χ2n) is 8.42. The first-order chi connectivity index (χ1) is 13.5. The van der Waals surface area contributed by atoms with Crippen LogP contribution in [0.15, 0.2) is 66.9 Å². The van der Waals surface area contributed by atoms with Gasteiger partial charge in [-0.15, -0.1) is 0 Å². The molecule has 1 atom stereocenters. The van der Waals surface area contributed by atoms with Crippen molar-refractivity contribution in [1.29, 1.82) is 0 Å². The van der Waals surface area contributed by atoms with E-state index in [4.69, 9.17) is 9.72 Å². The molecule has 3 aromatic carbocycles. The molecule has 2 heterocycles. The second kappa shape index (κ2) is 5.23. The average molecular weight is 363 g/mol. The SMILES string of the molecule is CC1c2cccnc2-c2ccc3c(c21)-c1cc2ccccc2cc1OC3(C)C. The molecule has 0 amide bonds.